The monoisotopic (exact) mass is 461 g/mol. The van der Waals surface area contributed by atoms with Crippen LogP contribution in [0.4, 0.5) is 4.39 Å². The van der Waals surface area contributed by atoms with E-state index in [4.69, 9.17) is 16.6 Å². The van der Waals surface area contributed by atoms with E-state index in [0.717, 1.165) is 11.1 Å². The van der Waals surface area contributed by atoms with Gasteiger partial charge in [0.05, 0.1) is 6.04 Å². The van der Waals surface area contributed by atoms with E-state index in [1.807, 2.05) is 60.9 Å². The average Bonchev–Trinajstić information content (AvgIpc) is 3.21. The van der Waals surface area contributed by atoms with Gasteiger partial charge in [-0.1, -0.05) is 66.2 Å². The number of carbonyl (C=O) groups excluding carboxylic acids is 1. The molecular formula is C27H25ClFN3O. The van der Waals surface area contributed by atoms with Gasteiger partial charge in [-0.15, -0.1) is 0 Å². The van der Waals surface area contributed by atoms with Crippen molar-refractivity contribution in [1.29, 1.82) is 0 Å². The Morgan fingerprint density at radius 3 is 2.39 bits per heavy atom. The lowest BCUT2D eigenvalue weighted by Gasteiger charge is -2.16. The van der Waals surface area contributed by atoms with E-state index in [1.165, 1.54) is 6.07 Å². The fraction of sp³-hybridized carbons (Fsp3) is 0.185. The number of rotatable bonds is 6. The van der Waals surface area contributed by atoms with Crippen LogP contribution < -0.4 is 5.32 Å². The molecule has 4 aromatic rings. The molecule has 1 N–H and O–H groups in total. The van der Waals surface area contributed by atoms with E-state index in [1.54, 1.807) is 31.2 Å². The summed E-state index contributed by atoms with van der Waals surface area (Å²) >= 11 is 6.00. The molecule has 0 spiro atoms. The SMILES string of the molecule is CCn1c(-c2ccccc2)nc(-c2ccc(C)c(F)c2)c1C(=O)NC(C)c1ccc(Cl)cc1. The Balaban J connectivity index is 1.82. The summed E-state index contributed by atoms with van der Waals surface area (Å²) in [5, 5.41) is 3.71. The van der Waals surface area contributed by atoms with Crippen molar-refractivity contribution in [3.8, 4) is 22.6 Å². The number of carbonyl (C=O) groups is 1. The lowest BCUT2D eigenvalue weighted by Crippen LogP contribution is -2.29. The molecule has 1 aromatic heterocycles. The molecule has 0 saturated carbocycles. The maximum atomic E-state index is 14.4. The summed E-state index contributed by atoms with van der Waals surface area (Å²) in [5.41, 5.74) is 3.78. The Morgan fingerprint density at radius 2 is 1.76 bits per heavy atom. The molecular weight excluding hydrogens is 437 g/mol. The predicted molar refractivity (Wildman–Crippen MR) is 131 cm³/mol. The van der Waals surface area contributed by atoms with E-state index in [9.17, 15) is 9.18 Å². The van der Waals surface area contributed by atoms with Crippen molar-refractivity contribution in [1.82, 2.24) is 14.9 Å². The summed E-state index contributed by atoms with van der Waals surface area (Å²) in [6.45, 7) is 6.12. The zero-order valence-electron chi connectivity index (χ0n) is 18.8. The summed E-state index contributed by atoms with van der Waals surface area (Å²) in [5.74, 6) is 0.0593. The predicted octanol–water partition coefficient (Wildman–Crippen LogP) is 6.83. The lowest BCUT2D eigenvalue weighted by atomic mass is 10.1. The van der Waals surface area contributed by atoms with Gasteiger partial charge in [-0.2, -0.15) is 0 Å². The van der Waals surface area contributed by atoms with E-state index in [-0.39, 0.29) is 17.8 Å². The van der Waals surface area contributed by atoms with E-state index in [2.05, 4.69) is 5.32 Å². The zero-order chi connectivity index (χ0) is 23.5. The van der Waals surface area contributed by atoms with Crippen LogP contribution in [0.25, 0.3) is 22.6 Å². The molecule has 0 radical (unpaired) electrons. The van der Waals surface area contributed by atoms with Gasteiger partial charge in [-0.05, 0) is 50.1 Å². The minimum atomic E-state index is -0.333. The first-order chi connectivity index (χ1) is 15.9. The van der Waals surface area contributed by atoms with Crippen LogP contribution in [0, 0.1) is 12.7 Å². The number of imidazole rings is 1. The molecule has 1 atom stereocenters. The summed E-state index contributed by atoms with van der Waals surface area (Å²) < 4.78 is 16.3. The second-order valence-corrected chi connectivity index (χ2v) is 8.39. The first-order valence-corrected chi connectivity index (χ1v) is 11.3. The second kappa shape index (κ2) is 9.59. The Hall–Kier alpha value is -3.44. The number of hydrogen-bond donors (Lipinski definition) is 1. The van der Waals surface area contributed by atoms with E-state index >= 15 is 0 Å². The van der Waals surface area contributed by atoms with Crippen molar-refractivity contribution in [2.75, 3.05) is 0 Å². The standard InChI is InChI=1S/C27H25ClFN3O/c1-4-32-25(27(33)30-18(3)19-12-14-22(28)15-13-19)24(21-11-10-17(2)23(29)16-21)31-26(32)20-8-6-5-7-9-20/h5-16,18H,4H2,1-3H3,(H,30,33). The molecule has 3 aromatic carbocycles. The molecule has 1 heterocycles. The zero-order valence-corrected chi connectivity index (χ0v) is 19.5. The Kier molecular flexibility index (Phi) is 6.61. The lowest BCUT2D eigenvalue weighted by molar-refractivity contribution is 0.0931. The molecule has 0 aliphatic heterocycles. The Morgan fingerprint density at radius 1 is 1.06 bits per heavy atom. The number of benzene rings is 3. The topological polar surface area (TPSA) is 46.9 Å². The highest BCUT2D eigenvalue weighted by Crippen LogP contribution is 2.31. The maximum absolute atomic E-state index is 14.4. The summed E-state index contributed by atoms with van der Waals surface area (Å²) in [4.78, 5) is 18.4. The number of nitrogens with zero attached hydrogens (tertiary/aromatic N) is 2. The average molecular weight is 462 g/mol. The molecule has 1 amide bonds. The van der Waals surface area contributed by atoms with Gasteiger partial charge in [-0.3, -0.25) is 4.79 Å². The number of hydrogen-bond acceptors (Lipinski definition) is 2. The van der Waals surface area contributed by atoms with Crippen molar-refractivity contribution < 1.29 is 9.18 Å². The molecule has 0 aliphatic carbocycles. The van der Waals surface area contributed by atoms with Crippen LogP contribution in [-0.4, -0.2) is 15.5 Å². The van der Waals surface area contributed by atoms with Crippen molar-refractivity contribution in [3.05, 3.63) is 100 Å². The quantitative estimate of drug-likeness (QED) is 0.342. The maximum Gasteiger partial charge on any atom is 0.270 e. The molecule has 0 bridgehead atoms. The fourth-order valence-electron chi connectivity index (χ4n) is 3.84. The van der Waals surface area contributed by atoms with Gasteiger partial charge in [0, 0.05) is 22.7 Å². The minimum absolute atomic E-state index is 0.252. The molecule has 6 heteroatoms. The number of aromatic nitrogens is 2. The first-order valence-electron chi connectivity index (χ1n) is 10.9. The van der Waals surface area contributed by atoms with Crippen molar-refractivity contribution in [2.24, 2.45) is 0 Å². The van der Waals surface area contributed by atoms with Gasteiger partial charge < -0.3 is 9.88 Å². The van der Waals surface area contributed by atoms with Crippen LogP contribution in [0.1, 0.15) is 41.5 Å². The summed E-state index contributed by atoms with van der Waals surface area (Å²) in [6, 6.07) is 21.7. The van der Waals surface area contributed by atoms with Crippen molar-refractivity contribution >= 4 is 17.5 Å². The van der Waals surface area contributed by atoms with Gasteiger partial charge in [0.15, 0.2) is 0 Å². The van der Waals surface area contributed by atoms with Crippen LogP contribution in [-0.2, 0) is 6.54 Å². The molecule has 33 heavy (non-hydrogen) atoms. The number of halogens is 2. The van der Waals surface area contributed by atoms with Gasteiger partial charge in [0.25, 0.3) is 5.91 Å². The van der Waals surface area contributed by atoms with E-state index in [0.29, 0.717) is 39.9 Å². The molecule has 1 unspecified atom stereocenters. The highest BCUT2D eigenvalue weighted by Gasteiger charge is 2.25. The molecule has 0 aliphatic rings. The third kappa shape index (κ3) is 4.69. The first kappa shape index (κ1) is 22.7. The van der Waals surface area contributed by atoms with Crippen LogP contribution in [0.3, 0.4) is 0 Å². The van der Waals surface area contributed by atoms with Crippen LogP contribution in [0.5, 0.6) is 0 Å². The largest absolute Gasteiger partial charge is 0.344 e. The number of nitrogens with one attached hydrogen (secondary N) is 1. The Labute approximate surface area is 198 Å². The van der Waals surface area contributed by atoms with E-state index < -0.39 is 0 Å². The number of aryl methyl sites for hydroxylation is 1. The van der Waals surface area contributed by atoms with Crippen molar-refractivity contribution in [3.63, 3.8) is 0 Å². The normalized spacial score (nSPS) is 11.9. The van der Waals surface area contributed by atoms with Crippen LogP contribution in [0.2, 0.25) is 5.02 Å². The third-order valence-electron chi connectivity index (χ3n) is 5.69. The molecule has 168 valence electrons. The second-order valence-electron chi connectivity index (χ2n) is 7.95. The smallest absolute Gasteiger partial charge is 0.270 e. The van der Waals surface area contributed by atoms with Gasteiger partial charge in [-0.25, -0.2) is 9.37 Å². The minimum Gasteiger partial charge on any atom is -0.344 e. The molecule has 4 rings (SSSR count). The van der Waals surface area contributed by atoms with Crippen LogP contribution in [0.15, 0.2) is 72.8 Å². The Bertz CT molecular complexity index is 1280. The van der Waals surface area contributed by atoms with Gasteiger partial charge in [0.2, 0.25) is 0 Å². The molecule has 4 nitrogen and oxygen atoms in total. The van der Waals surface area contributed by atoms with Crippen LogP contribution >= 0.6 is 11.6 Å². The van der Waals surface area contributed by atoms with Crippen molar-refractivity contribution in [2.45, 2.75) is 33.4 Å². The highest BCUT2D eigenvalue weighted by atomic mass is 35.5. The molecule has 0 saturated heterocycles. The fourth-order valence-corrected chi connectivity index (χ4v) is 3.97. The van der Waals surface area contributed by atoms with Gasteiger partial charge >= 0.3 is 0 Å². The summed E-state index contributed by atoms with van der Waals surface area (Å²) in [7, 11) is 0. The van der Waals surface area contributed by atoms with Gasteiger partial charge in [0.1, 0.15) is 23.0 Å². The summed E-state index contributed by atoms with van der Waals surface area (Å²) in [6.07, 6.45) is 0. The third-order valence-corrected chi connectivity index (χ3v) is 5.95. The number of amides is 1. The highest BCUT2D eigenvalue weighted by molar-refractivity contribution is 6.30. The molecule has 0 fully saturated rings.